The lowest BCUT2D eigenvalue weighted by Crippen LogP contribution is -2.49. The largest absolute Gasteiger partial charge is 0.418 e. The Hall–Kier alpha value is -2.60. The molecular weight excluding hydrogens is 499 g/mol. The van der Waals surface area contributed by atoms with Gasteiger partial charge in [-0.25, -0.2) is 13.8 Å². The van der Waals surface area contributed by atoms with Gasteiger partial charge in [0.15, 0.2) is 9.84 Å². The summed E-state index contributed by atoms with van der Waals surface area (Å²) < 4.78 is 65.7. The van der Waals surface area contributed by atoms with E-state index in [0.29, 0.717) is 16.1 Å². The Morgan fingerprint density at radius 1 is 1.06 bits per heavy atom. The van der Waals surface area contributed by atoms with E-state index >= 15 is 0 Å². The fourth-order valence-corrected chi connectivity index (χ4v) is 5.52. The predicted octanol–water partition coefficient (Wildman–Crippen LogP) is 4.44. The van der Waals surface area contributed by atoms with Crippen molar-refractivity contribution in [2.24, 2.45) is 0 Å². The van der Waals surface area contributed by atoms with Crippen molar-refractivity contribution in [1.82, 2.24) is 15.8 Å². The third-order valence-electron chi connectivity index (χ3n) is 5.72. The van der Waals surface area contributed by atoms with Crippen molar-refractivity contribution in [3.8, 4) is 10.4 Å². The van der Waals surface area contributed by atoms with Crippen LogP contribution >= 0.6 is 11.3 Å². The average Bonchev–Trinajstić information content (AvgIpc) is 3.40. The highest BCUT2D eigenvalue weighted by Crippen LogP contribution is 2.42. The molecule has 0 saturated carbocycles. The zero-order valence-electron chi connectivity index (χ0n) is 19.5. The summed E-state index contributed by atoms with van der Waals surface area (Å²) in [5, 5.41) is 14.9. The molecule has 0 radical (unpaired) electrons. The fraction of sp³-hybridized carbons (Fsp3) is 0.333. The topological polar surface area (TPSA) is 81.7 Å². The fourth-order valence-electron chi connectivity index (χ4n) is 3.84. The molecule has 3 heterocycles. The summed E-state index contributed by atoms with van der Waals surface area (Å²) in [6.07, 6.45) is 0.714. The van der Waals surface area contributed by atoms with E-state index in [9.17, 15) is 26.7 Å². The van der Waals surface area contributed by atoms with Crippen LogP contribution in [0.15, 0.2) is 70.9 Å². The number of halogens is 3. The Morgan fingerprint density at radius 2 is 1.74 bits per heavy atom. The summed E-state index contributed by atoms with van der Waals surface area (Å²) in [5.41, 5.74) is 2.02. The van der Waals surface area contributed by atoms with Crippen molar-refractivity contribution in [3.63, 3.8) is 0 Å². The number of nitrogens with zero attached hydrogens (tertiary/aromatic N) is 1. The van der Waals surface area contributed by atoms with E-state index in [1.54, 1.807) is 57.2 Å². The number of aliphatic hydroxyl groups is 1. The van der Waals surface area contributed by atoms with Gasteiger partial charge in [-0.15, -0.1) is 11.3 Å². The molecule has 35 heavy (non-hydrogen) atoms. The van der Waals surface area contributed by atoms with Gasteiger partial charge in [0.1, 0.15) is 0 Å². The molecule has 2 unspecified atom stereocenters. The Labute approximate surface area is 206 Å². The third kappa shape index (κ3) is 5.32. The van der Waals surface area contributed by atoms with E-state index in [2.05, 4.69) is 10.7 Å². The van der Waals surface area contributed by atoms with Crippen LogP contribution in [-0.2, 0) is 9.84 Å². The van der Waals surface area contributed by atoms with Crippen molar-refractivity contribution < 1.29 is 26.7 Å². The summed E-state index contributed by atoms with van der Waals surface area (Å²) in [4.78, 5) is 1.60. The lowest BCUT2D eigenvalue weighted by molar-refractivity contribution is -0.0922. The molecule has 0 spiro atoms. The van der Waals surface area contributed by atoms with Crippen molar-refractivity contribution in [3.05, 3.63) is 70.9 Å². The number of sulfone groups is 1. The second-order valence-electron chi connectivity index (χ2n) is 9.17. The zero-order chi connectivity index (χ0) is 25.8. The molecule has 1 aromatic carbocycles. The molecule has 4 rings (SSSR count). The summed E-state index contributed by atoms with van der Waals surface area (Å²) in [7, 11) is -3.39. The lowest BCUT2D eigenvalue weighted by Gasteiger charge is -2.33. The van der Waals surface area contributed by atoms with Crippen molar-refractivity contribution in [2.75, 3.05) is 6.26 Å². The van der Waals surface area contributed by atoms with Crippen LogP contribution in [0.1, 0.15) is 25.6 Å². The molecule has 0 saturated heterocycles. The third-order valence-corrected chi connectivity index (χ3v) is 7.99. The van der Waals surface area contributed by atoms with Gasteiger partial charge in [0.25, 0.3) is 0 Å². The van der Waals surface area contributed by atoms with Gasteiger partial charge in [-0.2, -0.15) is 13.2 Å². The molecule has 6 nitrogen and oxygen atoms in total. The van der Waals surface area contributed by atoms with Crippen LogP contribution in [0.5, 0.6) is 0 Å². The molecule has 0 fully saturated rings. The van der Waals surface area contributed by atoms with Gasteiger partial charge < -0.3 is 10.4 Å². The minimum atomic E-state index is -4.57. The second-order valence-corrected chi connectivity index (χ2v) is 12.3. The zero-order valence-corrected chi connectivity index (χ0v) is 21.1. The molecule has 2 atom stereocenters. The van der Waals surface area contributed by atoms with Gasteiger partial charge in [0.2, 0.25) is 0 Å². The lowest BCUT2D eigenvalue weighted by atomic mass is 9.99. The molecule has 0 bridgehead atoms. The summed E-state index contributed by atoms with van der Waals surface area (Å²) in [6, 6.07) is 8.95. The standard InChI is InChI=1S/C24H26F3N3O3S2/c1-14-10-17(24(25,26)27)19(13-28-14)30-18(12-22(29-30)23(2,3)31)21-9-8-20(34-21)15-6-5-7-16(11-15)35(4,32)33/h5-14,22,28-29,31H,1-4H3. The first-order valence-corrected chi connectivity index (χ1v) is 13.5. The van der Waals surface area contributed by atoms with Gasteiger partial charge in [-0.05, 0) is 62.8 Å². The van der Waals surface area contributed by atoms with Crippen LogP contribution in [0.4, 0.5) is 13.2 Å². The van der Waals surface area contributed by atoms with E-state index in [1.165, 1.54) is 28.6 Å². The minimum absolute atomic E-state index is 0.109. The Kier molecular flexibility index (Phi) is 6.41. The number of thiophene rings is 1. The number of benzene rings is 1. The summed E-state index contributed by atoms with van der Waals surface area (Å²) in [5.74, 6) is 0. The smallest absolute Gasteiger partial charge is 0.388 e. The number of allylic oxidation sites excluding steroid dienone is 1. The van der Waals surface area contributed by atoms with Crippen LogP contribution in [-0.4, -0.2) is 48.7 Å². The Balaban J connectivity index is 1.76. The van der Waals surface area contributed by atoms with E-state index in [1.807, 2.05) is 0 Å². The molecule has 2 aliphatic heterocycles. The Bertz CT molecular complexity index is 1340. The van der Waals surface area contributed by atoms with Gasteiger partial charge in [0, 0.05) is 23.4 Å². The van der Waals surface area contributed by atoms with E-state index in [4.69, 9.17) is 0 Å². The van der Waals surface area contributed by atoms with E-state index in [-0.39, 0.29) is 10.6 Å². The second kappa shape index (κ2) is 8.81. The highest BCUT2D eigenvalue weighted by Gasteiger charge is 2.43. The number of hydrogen-bond donors (Lipinski definition) is 3. The van der Waals surface area contributed by atoms with Crippen LogP contribution < -0.4 is 10.7 Å². The number of alkyl halides is 3. The summed E-state index contributed by atoms with van der Waals surface area (Å²) in [6.45, 7) is 4.78. The Morgan fingerprint density at radius 3 is 2.37 bits per heavy atom. The van der Waals surface area contributed by atoms with Crippen LogP contribution in [0.2, 0.25) is 0 Å². The minimum Gasteiger partial charge on any atom is -0.388 e. The van der Waals surface area contributed by atoms with Gasteiger partial charge in [-0.1, -0.05) is 12.1 Å². The van der Waals surface area contributed by atoms with Crippen LogP contribution in [0, 0.1) is 0 Å². The van der Waals surface area contributed by atoms with Crippen LogP contribution in [0.25, 0.3) is 16.1 Å². The molecule has 188 valence electrons. The number of rotatable bonds is 5. The van der Waals surface area contributed by atoms with Crippen molar-refractivity contribution in [2.45, 2.75) is 49.5 Å². The molecule has 2 aromatic rings. The van der Waals surface area contributed by atoms with E-state index in [0.717, 1.165) is 17.2 Å². The molecule has 2 aliphatic rings. The monoisotopic (exact) mass is 525 g/mol. The number of hydrazine groups is 1. The molecule has 0 amide bonds. The first kappa shape index (κ1) is 25.5. The van der Waals surface area contributed by atoms with Gasteiger partial charge >= 0.3 is 6.18 Å². The predicted molar refractivity (Wildman–Crippen MR) is 131 cm³/mol. The quantitative estimate of drug-likeness (QED) is 0.536. The number of hydrogen-bond acceptors (Lipinski definition) is 7. The van der Waals surface area contributed by atoms with E-state index < -0.39 is 39.3 Å². The van der Waals surface area contributed by atoms with Crippen LogP contribution in [0.3, 0.4) is 0 Å². The van der Waals surface area contributed by atoms with Gasteiger partial charge in [0.05, 0.1) is 38.4 Å². The molecule has 0 aliphatic carbocycles. The molecule has 11 heteroatoms. The maximum absolute atomic E-state index is 13.9. The number of nitrogens with one attached hydrogen (secondary N) is 2. The average molecular weight is 526 g/mol. The van der Waals surface area contributed by atoms with Crippen molar-refractivity contribution >= 4 is 26.9 Å². The van der Waals surface area contributed by atoms with Gasteiger partial charge in [-0.3, -0.25) is 5.01 Å². The summed E-state index contributed by atoms with van der Waals surface area (Å²) >= 11 is 1.32. The molecule has 1 aromatic heterocycles. The first-order valence-electron chi connectivity index (χ1n) is 10.8. The normalized spacial score (nSPS) is 21.4. The van der Waals surface area contributed by atoms with Crippen molar-refractivity contribution in [1.29, 1.82) is 0 Å². The highest BCUT2D eigenvalue weighted by atomic mass is 32.2. The number of dihydropyridines is 1. The highest BCUT2D eigenvalue weighted by molar-refractivity contribution is 7.90. The molecular formula is C24H26F3N3O3S2. The SMILES string of the molecule is CC1C=C(C(F)(F)F)C(N2NC(C(C)(C)O)C=C2c2ccc(-c3cccc(S(C)(=O)=O)c3)s2)=CN1. The molecule has 3 N–H and O–H groups in total. The maximum Gasteiger partial charge on any atom is 0.418 e. The maximum atomic E-state index is 13.9. The first-order chi connectivity index (χ1) is 16.1.